The van der Waals surface area contributed by atoms with E-state index in [-0.39, 0.29) is 0 Å². The van der Waals surface area contributed by atoms with Gasteiger partial charge in [0, 0.05) is 6.54 Å². The van der Waals surface area contributed by atoms with Gasteiger partial charge in [0.25, 0.3) is 0 Å². The number of aliphatic imine (C=N–C) groups is 1. The molecule has 0 saturated heterocycles. The summed E-state index contributed by atoms with van der Waals surface area (Å²) in [6.07, 6.45) is 9.35. The van der Waals surface area contributed by atoms with Crippen LogP contribution >= 0.6 is 0 Å². The topological polar surface area (TPSA) is 41.5 Å². The van der Waals surface area contributed by atoms with Crippen LogP contribution in [0.5, 0.6) is 0 Å². The molecule has 0 aromatic heterocycles. The summed E-state index contributed by atoms with van der Waals surface area (Å²) < 4.78 is 0. The van der Waals surface area contributed by atoms with E-state index >= 15 is 0 Å². The summed E-state index contributed by atoms with van der Waals surface area (Å²) in [6, 6.07) is 0. The molecule has 0 bridgehead atoms. The van der Waals surface area contributed by atoms with E-state index in [1.165, 1.54) is 5.57 Å². The standard InChI is InChI=1S/C18H28N2O/c1-7-15(5)18(20-16(6)13-21)19-12-17(8-2)11-9-10-14(3)4/h7,9-11,14H,8,12H2,1-6H3,(H,19,20)/b10-9-,15-7-,17-11-. The third-order valence-electron chi connectivity index (χ3n) is 3.00. The molecule has 116 valence electrons. The zero-order valence-electron chi connectivity index (χ0n) is 14.2. The molecule has 21 heavy (non-hydrogen) atoms. The molecule has 3 heteroatoms. The van der Waals surface area contributed by atoms with Crippen LogP contribution in [-0.4, -0.2) is 18.3 Å². The summed E-state index contributed by atoms with van der Waals surface area (Å²) in [5.74, 6) is 3.09. The van der Waals surface area contributed by atoms with E-state index in [2.05, 4.69) is 49.3 Å². The van der Waals surface area contributed by atoms with Crippen LogP contribution in [0.2, 0.25) is 0 Å². The van der Waals surface area contributed by atoms with Gasteiger partial charge in [-0.3, -0.25) is 0 Å². The minimum Gasteiger partial charge on any atom is -0.366 e. The Morgan fingerprint density at radius 2 is 2.00 bits per heavy atom. The molecule has 0 atom stereocenters. The maximum atomic E-state index is 10.6. The number of amidine groups is 1. The Hall–Kier alpha value is -1.86. The minimum absolute atomic E-state index is 0.348. The van der Waals surface area contributed by atoms with Gasteiger partial charge >= 0.3 is 0 Å². The van der Waals surface area contributed by atoms with Crippen molar-refractivity contribution in [2.75, 3.05) is 6.54 Å². The van der Waals surface area contributed by atoms with E-state index in [9.17, 15) is 4.79 Å². The van der Waals surface area contributed by atoms with Gasteiger partial charge in [0.1, 0.15) is 17.5 Å². The molecule has 0 aliphatic rings. The highest BCUT2D eigenvalue weighted by molar-refractivity contribution is 5.98. The first kappa shape index (κ1) is 19.1. The lowest BCUT2D eigenvalue weighted by Crippen LogP contribution is -2.26. The molecule has 1 N–H and O–H groups in total. The second-order valence-corrected chi connectivity index (χ2v) is 5.28. The molecule has 0 radical (unpaired) electrons. The highest BCUT2D eigenvalue weighted by Crippen LogP contribution is 2.04. The number of hydrogen-bond acceptors (Lipinski definition) is 2. The molecular weight excluding hydrogens is 260 g/mol. The van der Waals surface area contributed by atoms with E-state index in [1.807, 2.05) is 25.9 Å². The molecule has 0 amide bonds. The van der Waals surface area contributed by atoms with E-state index in [0.29, 0.717) is 11.6 Å². The van der Waals surface area contributed by atoms with Crippen LogP contribution in [-0.2, 0) is 4.79 Å². The first-order chi connectivity index (χ1) is 9.94. The van der Waals surface area contributed by atoms with E-state index in [0.717, 1.165) is 24.4 Å². The van der Waals surface area contributed by atoms with Gasteiger partial charge in [-0.25, -0.2) is 9.79 Å². The fraction of sp³-hybridized carbons (Fsp3) is 0.500. The molecule has 0 aromatic carbocycles. The number of nitrogens with one attached hydrogen (secondary N) is 1. The van der Waals surface area contributed by atoms with E-state index < -0.39 is 0 Å². The quantitative estimate of drug-likeness (QED) is 0.330. The third kappa shape index (κ3) is 8.83. The summed E-state index contributed by atoms with van der Waals surface area (Å²) in [7, 11) is 0. The summed E-state index contributed by atoms with van der Waals surface area (Å²) in [5.41, 5.74) is 2.65. The van der Waals surface area contributed by atoms with Gasteiger partial charge in [-0.2, -0.15) is 0 Å². The maximum absolute atomic E-state index is 10.6. The molecule has 0 aliphatic carbocycles. The van der Waals surface area contributed by atoms with Crippen LogP contribution in [0.25, 0.3) is 0 Å². The Morgan fingerprint density at radius 3 is 2.48 bits per heavy atom. The van der Waals surface area contributed by atoms with Crippen LogP contribution in [0.15, 0.2) is 46.1 Å². The Bertz CT molecular complexity index is 487. The average molecular weight is 288 g/mol. The van der Waals surface area contributed by atoms with Crippen molar-refractivity contribution in [3.8, 4) is 0 Å². The summed E-state index contributed by atoms with van der Waals surface area (Å²) >= 11 is 0. The number of rotatable bonds is 7. The van der Waals surface area contributed by atoms with Crippen molar-refractivity contribution < 1.29 is 4.79 Å². The van der Waals surface area contributed by atoms with Gasteiger partial charge in [0.15, 0.2) is 0 Å². The smallest absolute Gasteiger partial charge is 0.147 e. The van der Waals surface area contributed by atoms with Gasteiger partial charge in [-0.15, -0.1) is 0 Å². The molecule has 3 nitrogen and oxygen atoms in total. The lowest BCUT2D eigenvalue weighted by Gasteiger charge is -2.11. The van der Waals surface area contributed by atoms with Crippen LogP contribution in [0, 0.1) is 5.92 Å². The van der Waals surface area contributed by atoms with Crippen molar-refractivity contribution >= 4 is 11.8 Å². The molecule has 0 rings (SSSR count). The summed E-state index contributed by atoms with van der Waals surface area (Å²) in [6.45, 7) is 12.7. The first-order valence-electron chi connectivity index (χ1n) is 7.48. The van der Waals surface area contributed by atoms with Gasteiger partial charge in [0.05, 0.1) is 0 Å². The molecule has 0 unspecified atom stereocenters. The average Bonchev–Trinajstić information content (AvgIpc) is 2.47. The lowest BCUT2D eigenvalue weighted by atomic mass is 10.1. The fourth-order valence-electron chi connectivity index (χ4n) is 1.51. The van der Waals surface area contributed by atoms with E-state index in [4.69, 9.17) is 0 Å². The lowest BCUT2D eigenvalue weighted by molar-refractivity contribution is 0.567. The number of allylic oxidation sites excluding steroid dienone is 5. The molecular formula is C18H28N2O. The van der Waals surface area contributed by atoms with Crippen molar-refractivity contribution in [3.63, 3.8) is 0 Å². The summed E-state index contributed by atoms with van der Waals surface area (Å²) in [5, 5.41) is 3.30. The van der Waals surface area contributed by atoms with Crippen LogP contribution < -0.4 is 5.32 Å². The maximum Gasteiger partial charge on any atom is 0.147 e. The first-order valence-corrected chi connectivity index (χ1v) is 7.48. The largest absolute Gasteiger partial charge is 0.366 e. The Balaban J connectivity index is 4.96. The molecule has 0 aliphatic heterocycles. The van der Waals surface area contributed by atoms with Crippen LogP contribution in [0.3, 0.4) is 0 Å². The minimum atomic E-state index is 0.348. The fourth-order valence-corrected chi connectivity index (χ4v) is 1.51. The third-order valence-corrected chi connectivity index (χ3v) is 3.00. The predicted octanol–water partition coefficient (Wildman–Crippen LogP) is 4.22. The predicted molar refractivity (Wildman–Crippen MR) is 92.1 cm³/mol. The molecule has 0 saturated carbocycles. The number of nitrogens with zero attached hydrogens (tertiary/aromatic N) is 1. The molecule has 0 fully saturated rings. The van der Waals surface area contributed by atoms with Gasteiger partial charge < -0.3 is 5.32 Å². The van der Waals surface area contributed by atoms with Crippen LogP contribution in [0.1, 0.15) is 48.0 Å². The number of carbonyl (C=O) groups excluding carboxylic acids is 1. The van der Waals surface area contributed by atoms with Crippen molar-refractivity contribution in [1.82, 2.24) is 5.32 Å². The van der Waals surface area contributed by atoms with Crippen molar-refractivity contribution in [1.29, 1.82) is 0 Å². The van der Waals surface area contributed by atoms with Crippen molar-refractivity contribution in [2.24, 2.45) is 10.9 Å². The van der Waals surface area contributed by atoms with Crippen molar-refractivity contribution in [2.45, 2.75) is 48.0 Å². The highest BCUT2D eigenvalue weighted by Gasteiger charge is 2.03. The van der Waals surface area contributed by atoms with E-state index in [1.54, 1.807) is 6.92 Å². The SMILES string of the molecule is C/C=C(C)\C(=N/C(C)=C=O)NC/C(=C\C=C/C(C)C)CC. The van der Waals surface area contributed by atoms with Gasteiger partial charge in [0.2, 0.25) is 0 Å². The Kier molecular flexibility index (Phi) is 9.91. The molecule has 0 aromatic rings. The molecule has 0 heterocycles. The highest BCUT2D eigenvalue weighted by atomic mass is 16.1. The zero-order chi connectivity index (χ0) is 16.3. The number of hydrogen-bond donors (Lipinski definition) is 1. The normalized spacial score (nSPS) is 13.8. The molecule has 0 spiro atoms. The van der Waals surface area contributed by atoms with Gasteiger partial charge in [-0.1, -0.05) is 50.6 Å². The van der Waals surface area contributed by atoms with Crippen molar-refractivity contribution in [3.05, 3.63) is 41.1 Å². The second-order valence-electron chi connectivity index (χ2n) is 5.28. The van der Waals surface area contributed by atoms with Gasteiger partial charge in [-0.05, 0) is 38.7 Å². The van der Waals surface area contributed by atoms with Crippen LogP contribution in [0.4, 0.5) is 0 Å². The second kappa shape index (κ2) is 10.9. The Morgan fingerprint density at radius 1 is 1.33 bits per heavy atom. The monoisotopic (exact) mass is 288 g/mol. The zero-order valence-corrected chi connectivity index (χ0v) is 14.2. The Labute approximate surface area is 129 Å². The summed E-state index contributed by atoms with van der Waals surface area (Å²) in [4.78, 5) is 14.9.